The molecular weight excluding hydrogens is 232 g/mol. The average Bonchev–Trinajstić information content (AvgIpc) is 2.74. The predicted molar refractivity (Wildman–Crippen MR) is 68.0 cm³/mol. The van der Waals surface area contributed by atoms with Crippen molar-refractivity contribution >= 4 is 5.91 Å². The maximum absolute atomic E-state index is 12.0. The fourth-order valence-corrected chi connectivity index (χ4v) is 2.15. The van der Waals surface area contributed by atoms with Gasteiger partial charge in [0, 0.05) is 18.7 Å². The number of ether oxygens (including phenoxy) is 1. The van der Waals surface area contributed by atoms with Crippen molar-refractivity contribution in [3.8, 4) is 11.5 Å². The number of hydrogen-bond acceptors (Lipinski definition) is 4. The van der Waals surface area contributed by atoms with Gasteiger partial charge in [-0.15, -0.1) is 0 Å². The Morgan fingerprint density at radius 2 is 2.33 bits per heavy atom. The molecule has 1 fully saturated rings. The molecule has 1 aliphatic heterocycles. The Hall–Kier alpha value is -1.75. The first kappa shape index (κ1) is 12.7. The maximum atomic E-state index is 12.0. The van der Waals surface area contributed by atoms with Crippen molar-refractivity contribution in [3.63, 3.8) is 0 Å². The lowest BCUT2D eigenvalue weighted by Gasteiger charge is -2.13. The second-order valence-electron chi connectivity index (χ2n) is 4.60. The molecular formula is C13H18N2O3. The molecule has 1 saturated heterocycles. The van der Waals surface area contributed by atoms with E-state index in [1.807, 2.05) is 7.05 Å². The van der Waals surface area contributed by atoms with Crippen LogP contribution < -0.4 is 10.1 Å². The van der Waals surface area contributed by atoms with Gasteiger partial charge < -0.3 is 20.1 Å². The molecule has 5 nitrogen and oxygen atoms in total. The van der Waals surface area contributed by atoms with Crippen LogP contribution in [0.2, 0.25) is 0 Å². The number of phenolic OH excluding ortho intramolecular Hbond substituents is 1. The Morgan fingerprint density at radius 3 is 2.89 bits per heavy atom. The summed E-state index contributed by atoms with van der Waals surface area (Å²) < 4.78 is 4.98. The Balaban J connectivity index is 2.04. The van der Waals surface area contributed by atoms with Crippen molar-refractivity contribution in [2.24, 2.45) is 0 Å². The summed E-state index contributed by atoms with van der Waals surface area (Å²) in [6.07, 6.45) is 0.944. The quantitative estimate of drug-likeness (QED) is 0.834. The number of likely N-dealkylation sites (N-methyl/N-ethyl adjacent to an activating group) is 1. The minimum Gasteiger partial charge on any atom is -0.507 e. The summed E-state index contributed by atoms with van der Waals surface area (Å²) in [5.41, 5.74) is 0.283. The fraction of sp³-hybridized carbons (Fsp3) is 0.462. The number of methoxy groups -OCH3 is 1. The third-order valence-corrected chi connectivity index (χ3v) is 3.18. The number of hydrogen-bond donors (Lipinski definition) is 2. The van der Waals surface area contributed by atoms with E-state index >= 15 is 0 Å². The van der Waals surface area contributed by atoms with Gasteiger partial charge in [0.25, 0.3) is 5.91 Å². The number of aromatic hydroxyl groups is 1. The number of nitrogens with one attached hydrogen (secondary N) is 1. The summed E-state index contributed by atoms with van der Waals surface area (Å²) in [5, 5.41) is 12.7. The third kappa shape index (κ3) is 2.73. The number of rotatable bonds is 3. The third-order valence-electron chi connectivity index (χ3n) is 3.18. The molecule has 0 bridgehead atoms. The predicted octanol–water partition coefficient (Wildman–Crippen LogP) is 0.835. The molecule has 1 amide bonds. The van der Waals surface area contributed by atoms with E-state index in [9.17, 15) is 9.90 Å². The fourth-order valence-electron chi connectivity index (χ4n) is 2.15. The molecule has 0 radical (unpaired) electrons. The van der Waals surface area contributed by atoms with E-state index in [2.05, 4.69) is 10.2 Å². The summed E-state index contributed by atoms with van der Waals surface area (Å²) in [4.78, 5) is 14.2. The molecule has 2 N–H and O–H groups in total. The van der Waals surface area contributed by atoms with E-state index in [4.69, 9.17) is 4.74 Å². The lowest BCUT2D eigenvalue weighted by Crippen LogP contribution is -2.36. The molecule has 0 saturated carbocycles. The Morgan fingerprint density at radius 1 is 1.56 bits per heavy atom. The molecule has 98 valence electrons. The van der Waals surface area contributed by atoms with E-state index in [0.29, 0.717) is 5.75 Å². The van der Waals surface area contributed by atoms with E-state index in [-0.39, 0.29) is 23.3 Å². The zero-order valence-corrected chi connectivity index (χ0v) is 10.6. The minimum atomic E-state index is -0.240. The largest absolute Gasteiger partial charge is 0.507 e. The van der Waals surface area contributed by atoms with Crippen LogP contribution in [0.1, 0.15) is 16.8 Å². The zero-order valence-electron chi connectivity index (χ0n) is 10.6. The average molecular weight is 250 g/mol. The first-order chi connectivity index (χ1) is 8.60. The van der Waals surface area contributed by atoms with Gasteiger partial charge in [-0.1, -0.05) is 0 Å². The smallest absolute Gasteiger partial charge is 0.255 e. The molecule has 1 atom stereocenters. The van der Waals surface area contributed by atoms with Crippen LogP contribution in [-0.2, 0) is 0 Å². The van der Waals surface area contributed by atoms with Gasteiger partial charge >= 0.3 is 0 Å². The van der Waals surface area contributed by atoms with Crippen LogP contribution >= 0.6 is 0 Å². The minimum absolute atomic E-state index is 0.0572. The van der Waals surface area contributed by atoms with Crippen molar-refractivity contribution in [2.45, 2.75) is 12.5 Å². The highest BCUT2D eigenvalue weighted by Gasteiger charge is 2.22. The second kappa shape index (κ2) is 5.27. The normalized spacial score (nSPS) is 19.8. The van der Waals surface area contributed by atoms with Gasteiger partial charge in [-0.05, 0) is 32.1 Å². The lowest BCUT2D eigenvalue weighted by molar-refractivity contribution is 0.0935. The summed E-state index contributed by atoms with van der Waals surface area (Å²) in [5.74, 6) is 0.235. The summed E-state index contributed by atoms with van der Waals surface area (Å²) >= 11 is 0. The van der Waals surface area contributed by atoms with Crippen LogP contribution in [0.25, 0.3) is 0 Å². The van der Waals surface area contributed by atoms with E-state index < -0.39 is 0 Å². The molecule has 1 aromatic carbocycles. The van der Waals surface area contributed by atoms with E-state index in [0.717, 1.165) is 19.5 Å². The van der Waals surface area contributed by atoms with Crippen LogP contribution in [0.5, 0.6) is 11.5 Å². The van der Waals surface area contributed by atoms with E-state index in [1.54, 1.807) is 12.1 Å². The number of likely N-dealkylation sites (tertiary alicyclic amines) is 1. The van der Waals surface area contributed by atoms with Gasteiger partial charge in [0.15, 0.2) is 0 Å². The standard InChI is InChI=1S/C13H18N2O3/c1-15-6-5-9(8-15)14-13(17)11-4-3-10(18-2)7-12(11)16/h3-4,7,9,16H,5-6,8H2,1-2H3,(H,14,17). The highest BCUT2D eigenvalue weighted by atomic mass is 16.5. The maximum Gasteiger partial charge on any atom is 0.255 e. The summed E-state index contributed by atoms with van der Waals surface area (Å²) in [6, 6.07) is 4.83. The van der Waals surface area contributed by atoms with Gasteiger partial charge in [-0.2, -0.15) is 0 Å². The monoisotopic (exact) mass is 250 g/mol. The van der Waals surface area contributed by atoms with E-state index in [1.165, 1.54) is 13.2 Å². The van der Waals surface area contributed by atoms with Crippen molar-refractivity contribution in [1.82, 2.24) is 10.2 Å². The first-order valence-electron chi connectivity index (χ1n) is 5.96. The Labute approximate surface area is 106 Å². The number of benzene rings is 1. The first-order valence-corrected chi connectivity index (χ1v) is 5.96. The highest BCUT2D eigenvalue weighted by molar-refractivity contribution is 5.97. The molecule has 5 heteroatoms. The van der Waals surface area contributed by atoms with Crippen LogP contribution in [0.3, 0.4) is 0 Å². The molecule has 0 spiro atoms. The van der Waals surface area contributed by atoms with Gasteiger partial charge in [-0.3, -0.25) is 4.79 Å². The highest BCUT2D eigenvalue weighted by Crippen LogP contribution is 2.23. The summed E-state index contributed by atoms with van der Waals surface area (Å²) in [6.45, 7) is 1.84. The molecule has 1 aliphatic rings. The zero-order chi connectivity index (χ0) is 13.1. The number of phenols is 1. The molecule has 1 heterocycles. The second-order valence-corrected chi connectivity index (χ2v) is 4.60. The molecule has 0 aromatic heterocycles. The Kier molecular flexibility index (Phi) is 3.72. The molecule has 0 aliphatic carbocycles. The van der Waals surface area contributed by atoms with Crippen molar-refractivity contribution in [3.05, 3.63) is 23.8 Å². The molecule has 1 aromatic rings. The van der Waals surface area contributed by atoms with Crippen LogP contribution in [0, 0.1) is 0 Å². The van der Waals surface area contributed by atoms with Gasteiger partial charge in [-0.25, -0.2) is 0 Å². The van der Waals surface area contributed by atoms with Crippen molar-refractivity contribution in [2.75, 3.05) is 27.2 Å². The van der Waals surface area contributed by atoms with Crippen LogP contribution in [0.4, 0.5) is 0 Å². The molecule has 2 rings (SSSR count). The Bertz CT molecular complexity index is 448. The number of carbonyl (C=O) groups is 1. The molecule has 1 unspecified atom stereocenters. The van der Waals surface area contributed by atoms with Crippen molar-refractivity contribution in [1.29, 1.82) is 0 Å². The van der Waals surface area contributed by atoms with Gasteiger partial charge in [0.2, 0.25) is 0 Å². The van der Waals surface area contributed by atoms with Crippen LogP contribution in [-0.4, -0.2) is 49.2 Å². The topological polar surface area (TPSA) is 61.8 Å². The van der Waals surface area contributed by atoms with Crippen molar-refractivity contribution < 1.29 is 14.6 Å². The number of carbonyl (C=O) groups excluding carboxylic acids is 1. The summed E-state index contributed by atoms with van der Waals surface area (Å²) in [7, 11) is 3.54. The number of amides is 1. The van der Waals surface area contributed by atoms with Crippen LogP contribution in [0.15, 0.2) is 18.2 Å². The molecule has 18 heavy (non-hydrogen) atoms. The lowest BCUT2D eigenvalue weighted by atomic mass is 10.1. The van der Waals surface area contributed by atoms with Gasteiger partial charge in [0.1, 0.15) is 11.5 Å². The SMILES string of the molecule is COc1ccc(C(=O)NC2CCN(C)C2)c(O)c1. The van der Waals surface area contributed by atoms with Gasteiger partial charge in [0.05, 0.1) is 12.7 Å². The number of nitrogens with zero attached hydrogens (tertiary/aromatic N) is 1.